The topological polar surface area (TPSA) is 82.9 Å². The number of hydrogen-bond donors (Lipinski definition) is 0. The molecule has 1 aromatic rings. The number of methoxy groups -OCH3 is 1. The lowest BCUT2D eigenvalue weighted by Crippen LogP contribution is -2.40. The second kappa shape index (κ2) is 8.53. The van der Waals surface area contributed by atoms with Crippen molar-refractivity contribution < 1.29 is 23.8 Å². The number of amides is 1. The van der Waals surface area contributed by atoms with Crippen LogP contribution < -0.4 is 0 Å². The molecule has 0 atom stereocenters. The van der Waals surface area contributed by atoms with Crippen LogP contribution >= 0.6 is 0 Å². The van der Waals surface area contributed by atoms with Crippen molar-refractivity contribution in [3.05, 3.63) is 17.0 Å². The van der Waals surface area contributed by atoms with E-state index < -0.39 is 11.6 Å². The lowest BCUT2D eigenvalue weighted by Gasteiger charge is -2.30. The second-order valence-corrected chi connectivity index (χ2v) is 7.39. The van der Waals surface area contributed by atoms with Gasteiger partial charge in [0, 0.05) is 45.0 Å². The number of hydrogen-bond acceptors (Lipinski definition) is 6. The Morgan fingerprint density at radius 1 is 1.19 bits per heavy atom. The summed E-state index contributed by atoms with van der Waals surface area (Å²) in [6.07, 6.45) is 1.81. The number of aryl methyl sites for hydroxylation is 1. The maximum absolute atomic E-state index is 12.4. The SMILES string of the molecule is COCCCCOC(=O)c1nn(C)c2c1CN(C(=O)OC(C)(C)C)CC2. The first kappa shape index (κ1) is 20.2. The van der Waals surface area contributed by atoms with Crippen molar-refractivity contribution in [2.75, 3.05) is 26.9 Å². The predicted octanol–water partition coefficient (Wildman–Crippen LogP) is 2.30. The number of fused-ring (bicyclic) bond motifs is 1. The Balaban J connectivity index is 2.04. The molecule has 8 heteroatoms. The molecule has 26 heavy (non-hydrogen) atoms. The molecule has 2 rings (SSSR count). The van der Waals surface area contributed by atoms with Crippen LogP contribution in [0.15, 0.2) is 0 Å². The largest absolute Gasteiger partial charge is 0.461 e. The predicted molar refractivity (Wildman–Crippen MR) is 94.9 cm³/mol. The summed E-state index contributed by atoms with van der Waals surface area (Å²) in [5.74, 6) is -0.453. The van der Waals surface area contributed by atoms with Crippen LogP contribution in [0.4, 0.5) is 4.79 Å². The van der Waals surface area contributed by atoms with E-state index in [4.69, 9.17) is 14.2 Å². The lowest BCUT2D eigenvalue weighted by molar-refractivity contribution is 0.0219. The first-order chi connectivity index (χ1) is 12.2. The molecule has 0 unspecified atom stereocenters. The Morgan fingerprint density at radius 3 is 2.54 bits per heavy atom. The van der Waals surface area contributed by atoms with E-state index in [0.29, 0.717) is 32.7 Å². The molecule has 0 bridgehead atoms. The average Bonchev–Trinajstić information content (AvgIpc) is 2.89. The number of esters is 1. The summed E-state index contributed by atoms with van der Waals surface area (Å²) < 4.78 is 17.4. The Kier molecular flexibility index (Phi) is 6.63. The van der Waals surface area contributed by atoms with Crippen molar-refractivity contribution in [2.24, 2.45) is 7.05 Å². The average molecular weight is 367 g/mol. The second-order valence-electron chi connectivity index (χ2n) is 7.39. The highest BCUT2D eigenvalue weighted by Crippen LogP contribution is 2.24. The molecule has 0 spiro atoms. The molecule has 0 fully saturated rings. The van der Waals surface area contributed by atoms with Gasteiger partial charge in [-0.2, -0.15) is 5.10 Å². The van der Waals surface area contributed by atoms with Crippen molar-refractivity contribution in [1.82, 2.24) is 14.7 Å². The monoisotopic (exact) mass is 367 g/mol. The third-order valence-electron chi connectivity index (χ3n) is 4.06. The standard InChI is InChI=1S/C18H29N3O5/c1-18(2,3)26-17(23)21-9-8-14-13(12-21)15(19-20(14)4)16(22)25-11-7-6-10-24-5/h6-12H2,1-5H3. The number of unbranched alkanes of at least 4 members (excludes halogenated alkanes) is 1. The van der Waals surface area contributed by atoms with E-state index in [1.807, 2.05) is 20.8 Å². The number of carbonyl (C=O) groups excluding carboxylic acids is 2. The molecule has 0 saturated heterocycles. The fourth-order valence-electron chi connectivity index (χ4n) is 2.82. The van der Waals surface area contributed by atoms with E-state index >= 15 is 0 Å². The van der Waals surface area contributed by atoms with Gasteiger partial charge in [-0.25, -0.2) is 9.59 Å². The summed E-state index contributed by atoms with van der Waals surface area (Å²) in [4.78, 5) is 26.3. The highest BCUT2D eigenvalue weighted by Gasteiger charge is 2.31. The van der Waals surface area contributed by atoms with Gasteiger partial charge in [0.2, 0.25) is 0 Å². The van der Waals surface area contributed by atoms with Crippen LogP contribution in [-0.2, 0) is 34.2 Å². The molecule has 2 heterocycles. The van der Waals surface area contributed by atoms with Crippen LogP contribution in [0.1, 0.15) is 55.4 Å². The van der Waals surface area contributed by atoms with Gasteiger partial charge in [0.25, 0.3) is 0 Å². The summed E-state index contributed by atoms with van der Waals surface area (Å²) in [5, 5.41) is 4.31. The zero-order chi connectivity index (χ0) is 19.3. The molecule has 0 saturated carbocycles. The Morgan fingerprint density at radius 2 is 1.88 bits per heavy atom. The summed E-state index contributed by atoms with van der Waals surface area (Å²) in [5.41, 5.74) is 1.42. The van der Waals surface area contributed by atoms with E-state index in [-0.39, 0.29) is 11.8 Å². The van der Waals surface area contributed by atoms with E-state index in [2.05, 4.69) is 5.10 Å². The molecular weight excluding hydrogens is 338 g/mol. The molecule has 0 aromatic carbocycles. The molecule has 1 aliphatic rings. The van der Waals surface area contributed by atoms with E-state index in [9.17, 15) is 9.59 Å². The molecule has 1 amide bonds. The Bertz CT molecular complexity index is 648. The zero-order valence-corrected chi connectivity index (χ0v) is 16.3. The van der Waals surface area contributed by atoms with Gasteiger partial charge >= 0.3 is 12.1 Å². The fourth-order valence-corrected chi connectivity index (χ4v) is 2.82. The van der Waals surface area contributed by atoms with Crippen molar-refractivity contribution in [3.63, 3.8) is 0 Å². The molecular formula is C18H29N3O5. The third-order valence-corrected chi connectivity index (χ3v) is 4.06. The van der Waals surface area contributed by atoms with Crippen LogP contribution in [0.25, 0.3) is 0 Å². The van der Waals surface area contributed by atoms with Crippen LogP contribution in [0.5, 0.6) is 0 Å². The minimum atomic E-state index is -0.559. The maximum Gasteiger partial charge on any atom is 0.410 e. The number of rotatable bonds is 6. The highest BCUT2D eigenvalue weighted by atomic mass is 16.6. The number of nitrogens with zero attached hydrogens (tertiary/aromatic N) is 3. The highest BCUT2D eigenvalue weighted by molar-refractivity contribution is 5.89. The van der Waals surface area contributed by atoms with Gasteiger partial charge in [0.05, 0.1) is 13.2 Å². The summed E-state index contributed by atoms with van der Waals surface area (Å²) >= 11 is 0. The van der Waals surface area contributed by atoms with Crippen molar-refractivity contribution in [3.8, 4) is 0 Å². The fraction of sp³-hybridized carbons (Fsp3) is 0.722. The summed E-state index contributed by atoms with van der Waals surface area (Å²) in [6.45, 7) is 7.29. The Hall–Kier alpha value is -2.09. The Labute approximate surface area is 154 Å². The molecule has 1 aromatic heterocycles. The van der Waals surface area contributed by atoms with E-state index in [0.717, 1.165) is 24.1 Å². The summed E-state index contributed by atoms with van der Waals surface area (Å²) in [6, 6.07) is 0. The van der Waals surface area contributed by atoms with Gasteiger partial charge in [0.1, 0.15) is 5.60 Å². The smallest absolute Gasteiger partial charge is 0.410 e. The molecule has 0 aliphatic carbocycles. The lowest BCUT2D eigenvalue weighted by atomic mass is 10.1. The van der Waals surface area contributed by atoms with Crippen LogP contribution in [-0.4, -0.2) is 59.2 Å². The minimum Gasteiger partial charge on any atom is -0.461 e. The first-order valence-corrected chi connectivity index (χ1v) is 8.91. The minimum absolute atomic E-state index is 0.280. The van der Waals surface area contributed by atoms with Crippen LogP contribution in [0.2, 0.25) is 0 Å². The molecule has 146 valence electrons. The van der Waals surface area contributed by atoms with Gasteiger partial charge in [-0.15, -0.1) is 0 Å². The normalized spacial score (nSPS) is 14.1. The van der Waals surface area contributed by atoms with E-state index in [1.165, 1.54) is 0 Å². The van der Waals surface area contributed by atoms with Gasteiger partial charge in [0.15, 0.2) is 5.69 Å². The quantitative estimate of drug-likeness (QED) is 0.567. The third kappa shape index (κ3) is 5.20. The van der Waals surface area contributed by atoms with Crippen molar-refractivity contribution in [1.29, 1.82) is 0 Å². The molecule has 1 aliphatic heterocycles. The van der Waals surface area contributed by atoms with Gasteiger partial charge in [-0.05, 0) is 33.6 Å². The first-order valence-electron chi connectivity index (χ1n) is 8.91. The summed E-state index contributed by atoms with van der Waals surface area (Å²) in [7, 11) is 3.44. The van der Waals surface area contributed by atoms with Crippen LogP contribution in [0, 0.1) is 0 Å². The molecule has 0 N–H and O–H groups in total. The maximum atomic E-state index is 12.4. The number of aromatic nitrogens is 2. The van der Waals surface area contributed by atoms with Gasteiger partial charge in [-0.1, -0.05) is 0 Å². The van der Waals surface area contributed by atoms with Gasteiger partial charge in [-0.3, -0.25) is 4.68 Å². The van der Waals surface area contributed by atoms with Crippen molar-refractivity contribution >= 4 is 12.1 Å². The van der Waals surface area contributed by atoms with Crippen molar-refractivity contribution in [2.45, 2.75) is 52.2 Å². The molecule has 8 nitrogen and oxygen atoms in total. The van der Waals surface area contributed by atoms with Crippen LogP contribution in [0.3, 0.4) is 0 Å². The molecule has 0 radical (unpaired) electrons. The van der Waals surface area contributed by atoms with Gasteiger partial charge < -0.3 is 19.1 Å². The van der Waals surface area contributed by atoms with E-state index in [1.54, 1.807) is 23.7 Å². The number of carbonyl (C=O) groups is 2. The number of ether oxygens (including phenoxy) is 3. The zero-order valence-electron chi connectivity index (χ0n) is 16.3.